The first kappa shape index (κ1) is 21.7. The molecule has 1 aliphatic rings. The van der Waals surface area contributed by atoms with E-state index in [9.17, 15) is 0 Å². The molecule has 1 aliphatic heterocycles. The van der Waals surface area contributed by atoms with E-state index in [1.807, 2.05) is 7.05 Å². The number of hydrogen-bond donors (Lipinski definition) is 2. The fourth-order valence-corrected chi connectivity index (χ4v) is 3.67. The van der Waals surface area contributed by atoms with Crippen molar-refractivity contribution < 1.29 is 4.74 Å². The van der Waals surface area contributed by atoms with Crippen molar-refractivity contribution in [1.82, 2.24) is 15.5 Å². The highest BCUT2D eigenvalue weighted by atomic mass is 16.5. The Balaban J connectivity index is 1.80. The van der Waals surface area contributed by atoms with E-state index in [1.54, 1.807) is 0 Å². The molecule has 1 heterocycles. The van der Waals surface area contributed by atoms with E-state index in [-0.39, 0.29) is 6.10 Å². The highest BCUT2D eigenvalue weighted by molar-refractivity contribution is 5.79. The van der Waals surface area contributed by atoms with Crippen molar-refractivity contribution >= 4 is 5.96 Å². The molecule has 5 heteroatoms. The van der Waals surface area contributed by atoms with Gasteiger partial charge in [-0.25, -0.2) is 0 Å². The van der Waals surface area contributed by atoms with Gasteiger partial charge in [0.05, 0.1) is 6.10 Å². The van der Waals surface area contributed by atoms with Gasteiger partial charge >= 0.3 is 0 Å². The SMILES string of the molecule is CCN(CC)CCCNC(=NC)NCC1CCCOC1c1ccc(C)cc1. The largest absolute Gasteiger partial charge is 0.373 e. The molecule has 0 amide bonds. The summed E-state index contributed by atoms with van der Waals surface area (Å²) >= 11 is 0. The molecule has 1 aromatic carbocycles. The number of nitrogens with zero attached hydrogens (tertiary/aromatic N) is 2. The monoisotopic (exact) mass is 374 g/mol. The molecule has 27 heavy (non-hydrogen) atoms. The quantitative estimate of drug-likeness (QED) is 0.395. The lowest BCUT2D eigenvalue weighted by atomic mass is 9.89. The molecule has 0 aliphatic carbocycles. The summed E-state index contributed by atoms with van der Waals surface area (Å²) < 4.78 is 6.13. The number of aliphatic imine (C=N–C) groups is 1. The van der Waals surface area contributed by atoms with Crippen LogP contribution in [0.2, 0.25) is 0 Å². The molecule has 152 valence electrons. The maximum atomic E-state index is 6.13. The van der Waals surface area contributed by atoms with Crippen molar-refractivity contribution in [2.75, 3.05) is 46.4 Å². The van der Waals surface area contributed by atoms with Gasteiger partial charge in [-0.1, -0.05) is 43.7 Å². The van der Waals surface area contributed by atoms with Crippen LogP contribution in [0.4, 0.5) is 0 Å². The topological polar surface area (TPSA) is 48.9 Å². The van der Waals surface area contributed by atoms with Crippen molar-refractivity contribution in [2.45, 2.75) is 46.1 Å². The average Bonchev–Trinajstić information content (AvgIpc) is 2.71. The van der Waals surface area contributed by atoms with Crippen LogP contribution in [0, 0.1) is 12.8 Å². The molecule has 2 rings (SSSR count). The Hall–Kier alpha value is -1.59. The number of guanidine groups is 1. The normalized spacial score (nSPS) is 20.7. The number of rotatable bonds is 9. The molecule has 1 saturated heterocycles. The second-order valence-electron chi connectivity index (χ2n) is 7.36. The Morgan fingerprint density at radius 1 is 1.19 bits per heavy atom. The minimum Gasteiger partial charge on any atom is -0.373 e. The van der Waals surface area contributed by atoms with Crippen LogP contribution in [0.25, 0.3) is 0 Å². The van der Waals surface area contributed by atoms with Crippen molar-refractivity contribution in [3.05, 3.63) is 35.4 Å². The third-order valence-electron chi connectivity index (χ3n) is 5.44. The molecule has 0 radical (unpaired) electrons. The van der Waals surface area contributed by atoms with Crippen molar-refractivity contribution in [3.8, 4) is 0 Å². The van der Waals surface area contributed by atoms with E-state index in [0.717, 1.165) is 58.1 Å². The smallest absolute Gasteiger partial charge is 0.190 e. The standard InChI is InChI=1S/C22H38N4O/c1-5-26(6-2)15-8-14-24-22(23-4)25-17-20-9-7-16-27-21(20)19-12-10-18(3)11-13-19/h10-13,20-21H,5-9,14-17H2,1-4H3,(H2,23,24,25). The molecule has 2 unspecified atom stereocenters. The molecule has 5 nitrogen and oxygen atoms in total. The predicted octanol–water partition coefficient (Wildman–Crippen LogP) is 3.36. The van der Waals surface area contributed by atoms with E-state index in [1.165, 1.54) is 17.5 Å². The molecule has 0 bridgehead atoms. The van der Waals surface area contributed by atoms with Crippen LogP contribution in [0.5, 0.6) is 0 Å². The van der Waals surface area contributed by atoms with E-state index in [0.29, 0.717) is 5.92 Å². The van der Waals surface area contributed by atoms with Gasteiger partial charge in [-0.2, -0.15) is 0 Å². The van der Waals surface area contributed by atoms with E-state index in [2.05, 4.69) is 65.6 Å². The maximum absolute atomic E-state index is 6.13. The lowest BCUT2D eigenvalue weighted by Gasteiger charge is -2.32. The van der Waals surface area contributed by atoms with E-state index >= 15 is 0 Å². The summed E-state index contributed by atoms with van der Waals surface area (Å²) in [5, 5.41) is 6.96. The van der Waals surface area contributed by atoms with Gasteiger partial charge in [-0.3, -0.25) is 4.99 Å². The molecule has 0 spiro atoms. The zero-order valence-corrected chi connectivity index (χ0v) is 17.6. The summed E-state index contributed by atoms with van der Waals surface area (Å²) in [6.45, 7) is 12.6. The molecule has 0 aromatic heterocycles. The van der Waals surface area contributed by atoms with Crippen molar-refractivity contribution in [2.24, 2.45) is 10.9 Å². The van der Waals surface area contributed by atoms with Crippen molar-refractivity contribution in [1.29, 1.82) is 0 Å². The Morgan fingerprint density at radius 2 is 1.93 bits per heavy atom. The Morgan fingerprint density at radius 3 is 2.59 bits per heavy atom. The van der Waals surface area contributed by atoms with Crippen LogP contribution in [0.15, 0.2) is 29.3 Å². The molecule has 1 fully saturated rings. The highest BCUT2D eigenvalue weighted by Gasteiger charge is 2.27. The highest BCUT2D eigenvalue weighted by Crippen LogP contribution is 2.33. The van der Waals surface area contributed by atoms with Gasteiger partial charge in [0.2, 0.25) is 0 Å². The minimum atomic E-state index is 0.174. The summed E-state index contributed by atoms with van der Waals surface area (Å²) in [6.07, 6.45) is 3.61. The summed E-state index contributed by atoms with van der Waals surface area (Å²) in [5.74, 6) is 1.36. The summed E-state index contributed by atoms with van der Waals surface area (Å²) in [5.41, 5.74) is 2.58. The van der Waals surface area contributed by atoms with E-state index < -0.39 is 0 Å². The number of aryl methyl sites for hydroxylation is 1. The summed E-state index contributed by atoms with van der Waals surface area (Å²) in [4.78, 5) is 6.83. The molecular weight excluding hydrogens is 336 g/mol. The molecule has 0 saturated carbocycles. The third kappa shape index (κ3) is 7.15. The zero-order chi connectivity index (χ0) is 19.5. The lowest BCUT2D eigenvalue weighted by Crippen LogP contribution is -2.42. The van der Waals surface area contributed by atoms with Gasteiger partial charge in [-0.05, 0) is 51.4 Å². The number of nitrogens with one attached hydrogen (secondary N) is 2. The van der Waals surface area contributed by atoms with Crippen LogP contribution in [0.3, 0.4) is 0 Å². The van der Waals surface area contributed by atoms with Gasteiger partial charge in [-0.15, -0.1) is 0 Å². The Bertz CT molecular complexity index is 554. The number of hydrogen-bond acceptors (Lipinski definition) is 3. The van der Waals surface area contributed by atoms with Crippen LogP contribution in [0.1, 0.15) is 50.3 Å². The van der Waals surface area contributed by atoms with Crippen molar-refractivity contribution in [3.63, 3.8) is 0 Å². The van der Waals surface area contributed by atoms with Crippen LogP contribution >= 0.6 is 0 Å². The minimum absolute atomic E-state index is 0.174. The molecular formula is C22H38N4O. The number of ether oxygens (including phenoxy) is 1. The van der Waals surface area contributed by atoms with Crippen LogP contribution in [-0.2, 0) is 4.74 Å². The predicted molar refractivity (Wildman–Crippen MR) is 114 cm³/mol. The Kier molecular flexibility index (Phi) is 9.64. The zero-order valence-electron chi connectivity index (χ0n) is 17.6. The first-order chi connectivity index (χ1) is 13.2. The van der Waals surface area contributed by atoms with Gasteiger partial charge in [0.15, 0.2) is 5.96 Å². The molecule has 1 aromatic rings. The fraction of sp³-hybridized carbons (Fsp3) is 0.682. The van der Waals surface area contributed by atoms with Gasteiger partial charge in [0.1, 0.15) is 0 Å². The maximum Gasteiger partial charge on any atom is 0.190 e. The Labute approximate surface area is 165 Å². The van der Waals surface area contributed by atoms with Crippen LogP contribution < -0.4 is 10.6 Å². The molecule has 2 atom stereocenters. The average molecular weight is 375 g/mol. The number of benzene rings is 1. The second kappa shape index (κ2) is 12.0. The fourth-order valence-electron chi connectivity index (χ4n) is 3.67. The molecule has 2 N–H and O–H groups in total. The van der Waals surface area contributed by atoms with Gasteiger partial charge < -0.3 is 20.3 Å². The van der Waals surface area contributed by atoms with E-state index in [4.69, 9.17) is 4.74 Å². The summed E-state index contributed by atoms with van der Waals surface area (Å²) in [7, 11) is 1.84. The van der Waals surface area contributed by atoms with Gasteiger partial charge in [0.25, 0.3) is 0 Å². The lowest BCUT2D eigenvalue weighted by molar-refractivity contribution is -0.0265. The van der Waals surface area contributed by atoms with Crippen LogP contribution in [-0.4, -0.2) is 57.2 Å². The summed E-state index contributed by atoms with van der Waals surface area (Å²) in [6, 6.07) is 8.76. The first-order valence-corrected chi connectivity index (χ1v) is 10.5. The van der Waals surface area contributed by atoms with Gasteiger partial charge in [0, 0.05) is 32.7 Å². The second-order valence-corrected chi connectivity index (χ2v) is 7.36. The third-order valence-corrected chi connectivity index (χ3v) is 5.44. The first-order valence-electron chi connectivity index (χ1n) is 10.5.